The van der Waals surface area contributed by atoms with Crippen LogP contribution in [0.1, 0.15) is 5.56 Å². The number of sulfone groups is 1. The van der Waals surface area contributed by atoms with Crippen LogP contribution in [0, 0.1) is 0 Å². The Hall–Kier alpha value is -1.28. The fourth-order valence-electron chi connectivity index (χ4n) is 2.39. The molecule has 124 valence electrons. The number of piperazine rings is 1. The molecule has 2 rings (SSSR count). The van der Waals surface area contributed by atoms with Gasteiger partial charge in [0.1, 0.15) is 9.84 Å². The van der Waals surface area contributed by atoms with Crippen LogP contribution in [0.4, 0.5) is 18.9 Å². The predicted molar refractivity (Wildman–Crippen MR) is 79.8 cm³/mol. The fraction of sp³-hybridized carbons (Fsp3) is 0.571. The standard InChI is InChI=1S/C14H19F3N2O2S/c1-22(20,21)11-10-18-6-8-19(9-7-18)13-4-2-12(3-5-13)14(15,16)17/h2-5H,6-11H2,1H3. The molecule has 1 aromatic rings. The lowest BCUT2D eigenvalue weighted by atomic mass is 10.1. The number of alkyl halides is 3. The second-order valence-electron chi connectivity index (χ2n) is 5.50. The third-order valence-electron chi connectivity index (χ3n) is 3.71. The van der Waals surface area contributed by atoms with E-state index in [1.807, 2.05) is 4.90 Å². The summed E-state index contributed by atoms with van der Waals surface area (Å²) >= 11 is 0. The normalized spacial score (nSPS) is 17.7. The second kappa shape index (κ2) is 6.45. The number of anilines is 1. The number of hydrogen-bond donors (Lipinski definition) is 0. The molecule has 22 heavy (non-hydrogen) atoms. The van der Waals surface area contributed by atoms with Crippen molar-refractivity contribution in [3.05, 3.63) is 29.8 Å². The Morgan fingerprint density at radius 1 is 1.05 bits per heavy atom. The Bertz CT molecular complexity index is 592. The zero-order valence-electron chi connectivity index (χ0n) is 12.3. The van der Waals surface area contributed by atoms with Gasteiger partial charge in [-0.05, 0) is 24.3 Å². The van der Waals surface area contributed by atoms with E-state index >= 15 is 0 Å². The quantitative estimate of drug-likeness (QED) is 0.842. The summed E-state index contributed by atoms with van der Waals surface area (Å²) in [5.74, 6) is 0.132. The van der Waals surface area contributed by atoms with E-state index in [2.05, 4.69) is 4.90 Å². The first-order chi connectivity index (χ1) is 10.1. The smallest absolute Gasteiger partial charge is 0.369 e. The van der Waals surface area contributed by atoms with E-state index in [9.17, 15) is 21.6 Å². The highest BCUT2D eigenvalue weighted by molar-refractivity contribution is 7.90. The summed E-state index contributed by atoms with van der Waals surface area (Å²) < 4.78 is 59.9. The lowest BCUT2D eigenvalue weighted by Crippen LogP contribution is -2.47. The highest BCUT2D eigenvalue weighted by Crippen LogP contribution is 2.30. The highest BCUT2D eigenvalue weighted by Gasteiger charge is 2.30. The molecule has 0 bridgehead atoms. The minimum absolute atomic E-state index is 0.132. The molecule has 0 spiro atoms. The van der Waals surface area contributed by atoms with Crippen LogP contribution in [-0.2, 0) is 16.0 Å². The molecule has 1 heterocycles. The average Bonchev–Trinajstić information content (AvgIpc) is 2.44. The molecule has 0 amide bonds. The monoisotopic (exact) mass is 336 g/mol. The molecule has 1 aliphatic heterocycles. The van der Waals surface area contributed by atoms with E-state index in [0.29, 0.717) is 32.7 Å². The second-order valence-corrected chi connectivity index (χ2v) is 7.76. The highest BCUT2D eigenvalue weighted by atomic mass is 32.2. The maximum Gasteiger partial charge on any atom is 0.416 e. The van der Waals surface area contributed by atoms with Crippen molar-refractivity contribution in [2.75, 3.05) is 49.6 Å². The van der Waals surface area contributed by atoms with Gasteiger partial charge in [-0.15, -0.1) is 0 Å². The maximum absolute atomic E-state index is 12.5. The van der Waals surface area contributed by atoms with Gasteiger partial charge in [0.15, 0.2) is 0 Å². The van der Waals surface area contributed by atoms with Crippen LogP contribution in [0.5, 0.6) is 0 Å². The van der Waals surface area contributed by atoms with Crippen LogP contribution in [0.15, 0.2) is 24.3 Å². The molecular formula is C14H19F3N2O2S. The topological polar surface area (TPSA) is 40.6 Å². The van der Waals surface area contributed by atoms with Crippen LogP contribution >= 0.6 is 0 Å². The van der Waals surface area contributed by atoms with Crippen molar-refractivity contribution in [3.63, 3.8) is 0 Å². The fourth-order valence-corrected chi connectivity index (χ4v) is 2.98. The number of benzene rings is 1. The Morgan fingerprint density at radius 2 is 1.59 bits per heavy atom. The summed E-state index contributed by atoms with van der Waals surface area (Å²) in [7, 11) is -2.97. The zero-order valence-corrected chi connectivity index (χ0v) is 13.1. The molecule has 4 nitrogen and oxygen atoms in total. The van der Waals surface area contributed by atoms with Gasteiger partial charge in [-0.25, -0.2) is 8.42 Å². The van der Waals surface area contributed by atoms with Gasteiger partial charge in [0, 0.05) is 44.7 Å². The van der Waals surface area contributed by atoms with Gasteiger partial charge in [0.2, 0.25) is 0 Å². The third kappa shape index (κ3) is 4.88. The van der Waals surface area contributed by atoms with E-state index in [0.717, 1.165) is 17.8 Å². The van der Waals surface area contributed by atoms with Gasteiger partial charge in [0.25, 0.3) is 0 Å². The molecule has 0 unspecified atom stereocenters. The van der Waals surface area contributed by atoms with Crippen molar-refractivity contribution in [2.45, 2.75) is 6.18 Å². The largest absolute Gasteiger partial charge is 0.416 e. The van der Waals surface area contributed by atoms with Crippen LogP contribution < -0.4 is 4.90 Å². The molecular weight excluding hydrogens is 317 g/mol. The maximum atomic E-state index is 12.5. The molecule has 1 saturated heterocycles. The minimum atomic E-state index is -4.32. The van der Waals surface area contributed by atoms with Crippen molar-refractivity contribution < 1.29 is 21.6 Å². The Balaban J connectivity index is 1.89. The zero-order chi connectivity index (χ0) is 16.4. The molecule has 1 fully saturated rings. The van der Waals surface area contributed by atoms with Crippen LogP contribution in [-0.4, -0.2) is 58.1 Å². The van der Waals surface area contributed by atoms with E-state index in [1.54, 1.807) is 0 Å². The molecule has 1 aromatic carbocycles. The van der Waals surface area contributed by atoms with Crippen molar-refractivity contribution in [3.8, 4) is 0 Å². The van der Waals surface area contributed by atoms with Gasteiger partial charge >= 0.3 is 6.18 Å². The first-order valence-electron chi connectivity index (χ1n) is 6.97. The summed E-state index contributed by atoms with van der Waals surface area (Å²) in [6.45, 7) is 3.26. The summed E-state index contributed by atoms with van der Waals surface area (Å²) in [6.07, 6.45) is -3.10. The molecule has 0 N–H and O–H groups in total. The molecule has 0 radical (unpaired) electrons. The van der Waals surface area contributed by atoms with Crippen molar-refractivity contribution in [2.24, 2.45) is 0 Å². The lowest BCUT2D eigenvalue weighted by Gasteiger charge is -2.36. The van der Waals surface area contributed by atoms with Crippen molar-refractivity contribution >= 4 is 15.5 Å². The molecule has 1 aliphatic rings. The Labute approximate surface area is 128 Å². The van der Waals surface area contributed by atoms with E-state index in [1.165, 1.54) is 18.4 Å². The number of hydrogen-bond acceptors (Lipinski definition) is 4. The van der Waals surface area contributed by atoms with Gasteiger partial charge in [-0.2, -0.15) is 13.2 Å². The molecule has 0 atom stereocenters. The van der Waals surface area contributed by atoms with Gasteiger partial charge in [-0.1, -0.05) is 0 Å². The summed E-state index contributed by atoms with van der Waals surface area (Å²) in [5.41, 5.74) is 0.110. The SMILES string of the molecule is CS(=O)(=O)CCN1CCN(c2ccc(C(F)(F)F)cc2)CC1. The van der Waals surface area contributed by atoms with E-state index in [-0.39, 0.29) is 5.75 Å². The minimum Gasteiger partial charge on any atom is -0.369 e. The number of rotatable bonds is 4. The molecule has 0 aromatic heterocycles. The van der Waals surface area contributed by atoms with Crippen molar-refractivity contribution in [1.29, 1.82) is 0 Å². The van der Waals surface area contributed by atoms with Crippen molar-refractivity contribution in [1.82, 2.24) is 4.90 Å². The lowest BCUT2D eigenvalue weighted by molar-refractivity contribution is -0.137. The average molecular weight is 336 g/mol. The van der Waals surface area contributed by atoms with Crippen LogP contribution in [0.2, 0.25) is 0 Å². The van der Waals surface area contributed by atoms with Crippen LogP contribution in [0.25, 0.3) is 0 Å². The van der Waals surface area contributed by atoms with Gasteiger partial charge in [0.05, 0.1) is 11.3 Å². The van der Waals surface area contributed by atoms with Crippen LogP contribution in [0.3, 0.4) is 0 Å². The molecule has 8 heteroatoms. The first-order valence-corrected chi connectivity index (χ1v) is 9.03. The Kier molecular flexibility index (Phi) is 5.01. The molecule has 0 aliphatic carbocycles. The summed E-state index contributed by atoms with van der Waals surface area (Å²) in [6, 6.07) is 5.14. The number of nitrogens with zero attached hydrogens (tertiary/aromatic N) is 2. The Morgan fingerprint density at radius 3 is 2.05 bits per heavy atom. The van der Waals surface area contributed by atoms with E-state index in [4.69, 9.17) is 0 Å². The third-order valence-corrected chi connectivity index (χ3v) is 4.63. The predicted octanol–water partition coefficient (Wildman–Crippen LogP) is 1.87. The van der Waals surface area contributed by atoms with E-state index < -0.39 is 21.6 Å². The molecule has 0 saturated carbocycles. The summed E-state index contributed by atoms with van der Waals surface area (Å²) in [5, 5.41) is 0. The summed E-state index contributed by atoms with van der Waals surface area (Å²) in [4.78, 5) is 4.07. The number of halogens is 3. The van der Waals surface area contributed by atoms with Gasteiger partial charge in [-0.3, -0.25) is 4.90 Å². The van der Waals surface area contributed by atoms with Gasteiger partial charge < -0.3 is 4.90 Å². The first kappa shape index (κ1) is 17.1.